The summed E-state index contributed by atoms with van der Waals surface area (Å²) in [4.78, 5) is 0. The summed E-state index contributed by atoms with van der Waals surface area (Å²) in [5.41, 5.74) is 0.441. The Balaban J connectivity index is 2.56. The average molecular weight is 203 g/mol. The molecule has 1 aromatic carbocycles. The predicted molar refractivity (Wildman–Crippen MR) is 46.5 cm³/mol. The van der Waals surface area contributed by atoms with Crippen molar-refractivity contribution in [2.24, 2.45) is 0 Å². The van der Waals surface area contributed by atoms with Crippen LogP contribution in [0.2, 0.25) is 5.02 Å². The molecule has 70 valence electrons. The molecule has 4 heteroatoms. The van der Waals surface area contributed by atoms with E-state index in [2.05, 4.69) is 0 Å². The van der Waals surface area contributed by atoms with Crippen LogP contribution in [0.4, 0.5) is 4.39 Å². The van der Waals surface area contributed by atoms with Crippen LogP contribution in [0.3, 0.4) is 0 Å². The van der Waals surface area contributed by atoms with Crippen LogP contribution in [-0.4, -0.2) is 11.7 Å². The van der Waals surface area contributed by atoms with Gasteiger partial charge in [0.1, 0.15) is 11.6 Å². The van der Waals surface area contributed by atoms with E-state index < -0.39 is 11.9 Å². The molecule has 1 aliphatic rings. The third-order valence-corrected chi connectivity index (χ3v) is 2.31. The summed E-state index contributed by atoms with van der Waals surface area (Å²) in [6.07, 6.45) is -0.191. The smallest absolute Gasteiger partial charge is 0.143 e. The highest BCUT2D eigenvalue weighted by Crippen LogP contribution is 2.38. The summed E-state index contributed by atoms with van der Waals surface area (Å²) in [5, 5.41) is 9.72. The molecule has 1 aromatic rings. The first kappa shape index (κ1) is 8.78. The van der Waals surface area contributed by atoms with E-state index in [9.17, 15) is 9.50 Å². The minimum atomic E-state index is -0.669. The first-order valence-corrected chi connectivity index (χ1v) is 4.36. The molecule has 0 saturated heterocycles. The SMILES string of the molecule is OC1CCOc2c(Cl)cc(F)cc21. The van der Waals surface area contributed by atoms with Crippen LogP contribution in [0.25, 0.3) is 0 Å². The standard InChI is InChI=1S/C9H8ClFO2/c10-7-4-5(11)3-6-8(12)1-2-13-9(6)7/h3-4,8,12H,1-2H2. The maximum Gasteiger partial charge on any atom is 0.143 e. The molecule has 1 heterocycles. The van der Waals surface area contributed by atoms with Gasteiger partial charge in [-0.15, -0.1) is 0 Å². The first-order valence-electron chi connectivity index (χ1n) is 3.98. The molecular formula is C9H8ClFO2. The van der Waals surface area contributed by atoms with Crippen LogP contribution in [0, 0.1) is 5.82 Å². The molecule has 0 amide bonds. The third kappa shape index (κ3) is 1.49. The van der Waals surface area contributed by atoms with Gasteiger partial charge in [-0.05, 0) is 12.1 Å². The zero-order valence-corrected chi connectivity index (χ0v) is 7.51. The second-order valence-corrected chi connectivity index (χ2v) is 3.37. The highest BCUT2D eigenvalue weighted by Gasteiger charge is 2.22. The lowest BCUT2D eigenvalue weighted by Crippen LogP contribution is -2.14. The van der Waals surface area contributed by atoms with Crippen molar-refractivity contribution in [1.29, 1.82) is 0 Å². The number of hydrogen-bond acceptors (Lipinski definition) is 2. The van der Waals surface area contributed by atoms with E-state index in [1.807, 2.05) is 0 Å². The molecule has 0 radical (unpaired) electrons. The predicted octanol–water partition coefficient (Wildman–Crippen LogP) is 2.29. The van der Waals surface area contributed by atoms with Crippen molar-refractivity contribution in [2.45, 2.75) is 12.5 Å². The summed E-state index contributed by atoms with van der Waals surface area (Å²) in [6.45, 7) is 0.416. The molecule has 1 N–H and O–H groups in total. The Labute approximate surface area is 79.9 Å². The largest absolute Gasteiger partial charge is 0.492 e. The molecule has 13 heavy (non-hydrogen) atoms. The molecule has 1 atom stereocenters. The lowest BCUT2D eigenvalue weighted by Gasteiger charge is -2.22. The fourth-order valence-corrected chi connectivity index (χ4v) is 1.68. The first-order chi connectivity index (χ1) is 6.18. The van der Waals surface area contributed by atoms with Gasteiger partial charge in [0.2, 0.25) is 0 Å². The Hall–Kier alpha value is -0.800. The summed E-state index contributed by atoms with van der Waals surface area (Å²) in [7, 11) is 0. The van der Waals surface area contributed by atoms with Gasteiger partial charge in [-0.25, -0.2) is 4.39 Å². The Morgan fingerprint density at radius 2 is 2.31 bits per heavy atom. The Morgan fingerprint density at radius 3 is 3.08 bits per heavy atom. The van der Waals surface area contributed by atoms with Crippen molar-refractivity contribution >= 4 is 11.6 Å². The lowest BCUT2D eigenvalue weighted by molar-refractivity contribution is 0.115. The zero-order valence-electron chi connectivity index (χ0n) is 6.76. The van der Waals surface area contributed by atoms with E-state index in [4.69, 9.17) is 16.3 Å². The number of ether oxygens (including phenoxy) is 1. The Bertz CT molecular complexity index is 341. The Kier molecular flexibility index (Phi) is 2.14. The molecule has 2 nitrogen and oxygen atoms in total. The number of aliphatic hydroxyl groups is 1. The number of hydrogen-bond donors (Lipinski definition) is 1. The van der Waals surface area contributed by atoms with Gasteiger partial charge in [-0.3, -0.25) is 0 Å². The van der Waals surface area contributed by atoms with Crippen molar-refractivity contribution in [2.75, 3.05) is 6.61 Å². The average Bonchev–Trinajstić information content (AvgIpc) is 2.07. The van der Waals surface area contributed by atoms with E-state index in [1.165, 1.54) is 12.1 Å². The van der Waals surface area contributed by atoms with E-state index in [-0.39, 0.29) is 5.02 Å². The van der Waals surface area contributed by atoms with Crippen LogP contribution in [0.1, 0.15) is 18.1 Å². The summed E-state index contributed by atoms with van der Waals surface area (Å²) < 4.78 is 18.1. The second-order valence-electron chi connectivity index (χ2n) is 2.96. The molecule has 0 bridgehead atoms. The van der Waals surface area contributed by atoms with Crippen molar-refractivity contribution in [3.05, 3.63) is 28.5 Å². The van der Waals surface area contributed by atoms with E-state index in [1.54, 1.807) is 0 Å². The van der Waals surface area contributed by atoms with Crippen molar-refractivity contribution in [1.82, 2.24) is 0 Å². The number of benzene rings is 1. The summed E-state index contributed by atoms with van der Waals surface area (Å²) in [6, 6.07) is 2.43. The van der Waals surface area contributed by atoms with Gasteiger partial charge >= 0.3 is 0 Å². The fourth-order valence-electron chi connectivity index (χ4n) is 1.41. The van der Waals surface area contributed by atoms with Crippen LogP contribution in [0.5, 0.6) is 5.75 Å². The van der Waals surface area contributed by atoms with Crippen LogP contribution in [0.15, 0.2) is 12.1 Å². The molecular weight excluding hydrogens is 195 g/mol. The van der Waals surface area contributed by atoms with Gasteiger partial charge in [0.15, 0.2) is 0 Å². The maximum absolute atomic E-state index is 12.9. The summed E-state index contributed by atoms with van der Waals surface area (Å²) in [5.74, 6) is -0.0462. The number of fused-ring (bicyclic) bond motifs is 1. The highest BCUT2D eigenvalue weighted by molar-refractivity contribution is 6.32. The van der Waals surface area contributed by atoms with Gasteiger partial charge < -0.3 is 9.84 Å². The normalized spacial score (nSPS) is 20.7. The molecule has 1 aliphatic heterocycles. The minimum Gasteiger partial charge on any atom is -0.492 e. The number of halogens is 2. The van der Waals surface area contributed by atoms with Crippen LogP contribution < -0.4 is 4.74 Å². The van der Waals surface area contributed by atoms with Gasteiger partial charge in [-0.2, -0.15) is 0 Å². The maximum atomic E-state index is 12.9. The quantitative estimate of drug-likeness (QED) is 0.700. The van der Waals surface area contributed by atoms with Crippen LogP contribution >= 0.6 is 11.6 Å². The Morgan fingerprint density at radius 1 is 1.54 bits per heavy atom. The van der Waals surface area contributed by atoms with E-state index in [0.717, 1.165) is 0 Å². The van der Waals surface area contributed by atoms with E-state index >= 15 is 0 Å². The van der Waals surface area contributed by atoms with Gasteiger partial charge in [0, 0.05) is 12.0 Å². The van der Waals surface area contributed by atoms with Gasteiger partial charge in [0.05, 0.1) is 17.7 Å². The zero-order chi connectivity index (χ0) is 9.42. The number of rotatable bonds is 0. The molecule has 0 aromatic heterocycles. The van der Waals surface area contributed by atoms with E-state index in [0.29, 0.717) is 24.3 Å². The molecule has 1 unspecified atom stereocenters. The molecule has 0 fully saturated rings. The van der Waals surface area contributed by atoms with Gasteiger partial charge in [-0.1, -0.05) is 11.6 Å². The van der Waals surface area contributed by atoms with Crippen molar-refractivity contribution in [3.63, 3.8) is 0 Å². The van der Waals surface area contributed by atoms with Crippen molar-refractivity contribution in [3.8, 4) is 5.75 Å². The molecule has 0 spiro atoms. The summed E-state index contributed by atoms with van der Waals surface area (Å²) >= 11 is 5.74. The minimum absolute atomic E-state index is 0.216. The monoisotopic (exact) mass is 202 g/mol. The van der Waals surface area contributed by atoms with Gasteiger partial charge in [0.25, 0.3) is 0 Å². The topological polar surface area (TPSA) is 29.5 Å². The molecule has 0 saturated carbocycles. The second kappa shape index (κ2) is 3.16. The number of aliphatic hydroxyl groups excluding tert-OH is 1. The molecule has 2 rings (SSSR count). The molecule has 0 aliphatic carbocycles. The van der Waals surface area contributed by atoms with Crippen molar-refractivity contribution < 1.29 is 14.2 Å². The third-order valence-electron chi connectivity index (χ3n) is 2.03. The fraction of sp³-hybridized carbons (Fsp3) is 0.333. The van der Waals surface area contributed by atoms with Crippen LogP contribution in [-0.2, 0) is 0 Å². The lowest BCUT2D eigenvalue weighted by atomic mass is 10.0. The highest BCUT2D eigenvalue weighted by atomic mass is 35.5.